The van der Waals surface area contributed by atoms with Crippen LogP contribution in [-0.4, -0.2) is 50.5 Å². The first-order valence-corrected chi connectivity index (χ1v) is 15.3. The maximum absolute atomic E-state index is 14.4. The highest BCUT2D eigenvalue weighted by Crippen LogP contribution is 2.23. The highest BCUT2D eigenvalue weighted by atomic mass is 32.2. The van der Waals surface area contributed by atoms with Gasteiger partial charge in [-0.3, -0.25) is 13.9 Å². The number of benzene rings is 3. The van der Waals surface area contributed by atoms with Gasteiger partial charge in [-0.15, -0.1) is 0 Å². The Bertz CT molecular complexity index is 1360. The van der Waals surface area contributed by atoms with Crippen LogP contribution in [0.1, 0.15) is 42.9 Å². The fourth-order valence-electron chi connectivity index (χ4n) is 4.45. The van der Waals surface area contributed by atoms with E-state index in [0.717, 1.165) is 33.7 Å². The standard InChI is InChI=1S/C31H38FN3O4S/c1-4-20-33-31(37)29(22-25-11-6-5-7-12-25)34(23-26-18-16-24(2)17-19-26)30(36)15-10-21-35(40(3,38)39)28-14-9-8-13-27(28)32/h5-9,11-14,16-19,29H,4,10,15,20-23H2,1-3H3,(H,33,37)/t29-/m0/s1. The van der Waals surface area contributed by atoms with E-state index in [1.165, 1.54) is 18.2 Å². The molecule has 1 N–H and O–H groups in total. The van der Waals surface area contributed by atoms with Gasteiger partial charge < -0.3 is 10.2 Å². The van der Waals surface area contributed by atoms with Gasteiger partial charge in [0.15, 0.2) is 0 Å². The molecular weight excluding hydrogens is 529 g/mol. The summed E-state index contributed by atoms with van der Waals surface area (Å²) >= 11 is 0. The largest absolute Gasteiger partial charge is 0.354 e. The zero-order chi connectivity index (χ0) is 29.1. The number of para-hydroxylation sites is 1. The van der Waals surface area contributed by atoms with Crippen molar-refractivity contribution in [1.29, 1.82) is 0 Å². The Morgan fingerprint density at radius 1 is 0.925 bits per heavy atom. The molecule has 0 aliphatic carbocycles. The van der Waals surface area contributed by atoms with E-state index in [9.17, 15) is 22.4 Å². The lowest BCUT2D eigenvalue weighted by Gasteiger charge is -2.32. The Morgan fingerprint density at radius 2 is 1.57 bits per heavy atom. The Hall–Kier alpha value is -3.72. The van der Waals surface area contributed by atoms with Crippen LogP contribution < -0.4 is 9.62 Å². The van der Waals surface area contributed by atoms with Gasteiger partial charge in [-0.1, -0.05) is 79.2 Å². The number of aryl methyl sites for hydroxylation is 1. The summed E-state index contributed by atoms with van der Waals surface area (Å²) in [6.45, 7) is 4.58. The van der Waals surface area contributed by atoms with Crippen LogP contribution >= 0.6 is 0 Å². The molecule has 2 amide bonds. The molecular formula is C31H38FN3O4S. The molecule has 7 nitrogen and oxygen atoms in total. The molecule has 40 heavy (non-hydrogen) atoms. The summed E-state index contributed by atoms with van der Waals surface area (Å²) in [6.07, 6.45) is 2.24. The molecule has 0 spiro atoms. The van der Waals surface area contributed by atoms with Gasteiger partial charge in [0, 0.05) is 32.5 Å². The summed E-state index contributed by atoms with van der Waals surface area (Å²) < 4.78 is 40.4. The average Bonchev–Trinajstić information content (AvgIpc) is 2.93. The number of hydrogen-bond acceptors (Lipinski definition) is 4. The molecule has 0 bridgehead atoms. The minimum absolute atomic E-state index is 0.0152. The van der Waals surface area contributed by atoms with Crippen LogP contribution in [0.15, 0.2) is 78.9 Å². The van der Waals surface area contributed by atoms with E-state index in [2.05, 4.69) is 5.32 Å². The Kier molecular flexibility index (Phi) is 11.3. The molecule has 0 aliphatic heterocycles. The quantitative estimate of drug-likeness (QED) is 0.302. The van der Waals surface area contributed by atoms with E-state index < -0.39 is 21.9 Å². The molecule has 0 saturated heterocycles. The number of carbonyl (C=O) groups is 2. The molecule has 0 fully saturated rings. The zero-order valence-corrected chi connectivity index (χ0v) is 24.2. The van der Waals surface area contributed by atoms with Gasteiger partial charge in [0.25, 0.3) is 0 Å². The molecule has 3 aromatic rings. The topological polar surface area (TPSA) is 86.8 Å². The molecule has 0 saturated carbocycles. The van der Waals surface area contributed by atoms with E-state index in [4.69, 9.17) is 0 Å². The lowest BCUT2D eigenvalue weighted by atomic mass is 10.0. The molecule has 0 unspecified atom stereocenters. The third kappa shape index (κ3) is 8.91. The predicted molar refractivity (Wildman–Crippen MR) is 157 cm³/mol. The van der Waals surface area contributed by atoms with Crippen molar-refractivity contribution in [2.24, 2.45) is 0 Å². The third-order valence-electron chi connectivity index (χ3n) is 6.57. The molecule has 0 aliphatic rings. The number of sulfonamides is 1. The monoisotopic (exact) mass is 567 g/mol. The van der Waals surface area contributed by atoms with E-state index in [0.29, 0.717) is 13.0 Å². The smallest absolute Gasteiger partial charge is 0.243 e. The first kappa shape index (κ1) is 30.8. The van der Waals surface area contributed by atoms with Crippen molar-refractivity contribution in [3.63, 3.8) is 0 Å². The second kappa shape index (κ2) is 14.6. The van der Waals surface area contributed by atoms with Crippen LogP contribution in [0.4, 0.5) is 10.1 Å². The fourth-order valence-corrected chi connectivity index (χ4v) is 5.41. The van der Waals surface area contributed by atoms with Crippen molar-refractivity contribution in [1.82, 2.24) is 10.2 Å². The molecule has 3 rings (SSSR count). The van der Waals surface area contributed by atoms with Crippen LogP contribution in [0.5, 0.6) is 0 Å². The molecule has 214 valence electrons. The van der Waals surface area contributed by atoms with Gasteiger partial charge in [-0.25, -0.2) is 12.8 Å². The first-order valence-electron chi connectivity index (χ1n) is 13.5. The van der Waals surface area contributed by atoms with E-state index >= 15 is 0 Å². The summed E-state index contributed by atoms with van der Waals surface area (Å²) in [7, 11) is -3.79. The zero-order valence-electron chi connectivity index (χ0n) is 23.3. The van der Waals surface area contributed by atoms with Gasteiger partial charge in [0.1, 0.15) is 11.9 Å². The molecule has 9 heteroatoms. The van der Waals surface area contributed by atoms with Gasteiger partial charge in [0.2, 0.25) is 21.8 Å². The number of carbonyl (C=O) groups excluding carboxylic acids is 2. The lowest BCUT2D eigenvalue weighted by molar-refractivity contribution is -0.141. The summed E-state index contributed by atoms with van der Waals surface area (Å²) in [4.78, 5) is 28.7. The van der Waals surface area contributed by atoms with E-state index in [-0.39, 0.29) is 43.4 Å². The number of nitrogens with one attached hydrogen (secondary N) is 1. The van der Waals surface area contributed by atoms with Gasteiger partial charge in [-0.05, 0) is 43.0 Å². The SMILES string of the molecule is CCCNC(=O)[C@H](Cc1ccccc1)N(Cc1ccc(C)cc1)C(=O)CCCN(c1ccccc1F)S(C)(=O)=O. The van der Waals surface area contributed by atoms with Crippen LogP contribution in [0.3, 0.4) is 0 Å². The summed E-state index contributed by atoms with van der Waals surface area (Å²) in [5.41, 5.74) is 2.82. The van der Waals surface area contributed by atoms with Gasteiger partial charge in [0.05, 0.1) is 11.9 Å². The van der Waals surface area contributed by atoms with Gasteiger partial charge >= 0.3 is 0 Å². The summed E-state index contributed by atoms with van der Waals surface area (Å²) in [6, 6.07) is 22.2. The maximum atomic E-state index is 14.4. The van der Waals surface area contributed by atoms with Crippen LogP contribution in [0, 0.1) is 12.7 Å². The highest BCUT2D eigenvalue weighted by Gasteiger charge is 2.30. The minimum Gasteiger partial charge on any atom is -0.354 e. The average molecular weight is 568 g/mol. The number of hydrogen-bond donors (Lipinski definition) is 1. The molecule has 1 atom stereocenters. The predicted octanol–water partition coefficient (Wildman–Crippen LogP) is 4.85. The Balaban J connectivity index is 1.87. The molecule has 3 aromatic carbocycles. The first-order chi connectivity index (χ1) is 19.1. The lowest BCUT2D eigenvalue weighted by Crippen LogP contribution is -2.50. The fraction of sp³-hybridized carbons (Fsp3) is 0.355. The van der Waals surface area contributed by atoms with Gasteiger partial charge in [-0.2, -0.15) is 0 Å². The van der Waals surface area contributed by atoms with Crippen molar-refractivity contribution in [2.45, 2.75) is 52.1 Å². The van der Waals surface area contributed by atoms with Crippen LogP contribution in [0.25, 0.3) is 0 Å². The summed E-state index contributed by atoms with van der Waals surface area (Å²) in [5.74, 6) is -1.18. The number of rotatable bonds is 14. The normalized spacial score (nSPS) is 12.0. The van der Waals surface area contributed by atoms with E-state index in [1.54, 1.807) is 11.0 Å². The Labute approximate surface area is 237 Å². The number of amides is 2. The maximum Gasteiger partial charge on any atom is 0.243 e. The van der Waals surface area contributed by atoms with E-state index in [1.807, 2.05) is 68.4 Å². The van der Waals surface area contributed by atoms with Crippen molar-refractivity contribution in [2.75, 3.05) is 23.7 Å². The Morgan fingerprint density at radius 3 is 2.20 bits per heavy atom. The second-order valence-electron chi connectivity index (χ2n) is 9.89. The minimum atomic E-state index is -3.79. The molecule has 0 radical (unpaired) electrons. The third-order valence-corrected chi connectivity index (χ3v) is 7.75. The van der Waals surface area contributed by atoms with Crippen molar-refractivity contribution in [3.05, 3.63) is 101 Å². The number of nitrogens with zero attached hydrogens (tertiary/aromatic N) is 2. The highest BCUT2D eigenvalue weighted by molar-refractivity contribution is 7.92. The van der Waals surface area contributed by atoms with Crippen molar-refractivity contribution < 1.29 is 22.4 Å². The second-order valence-corrected chi connectivity index (χ2v) is 11.8. The van der Waals surface area contributed by atoms with Crippen molar-refractivity contribution in [3.8, 4) is 0 Å². The number of anilines is 1. The summed E-state index contributed by atoms with van der Waals surface area (Å²) in [5, 5.41) is 2.94. The van der Waals surface area contributed by atoms with Crippen LogP contribution in [0.2, 0.25) is 0 Å². The number of halogens is 1. The van der Waals surface area contributed by atoms with Crippen LogP contribution in [-0.2, 0) is 32.6 Å². The molecule has 0 aromatic heterocycles. The molecule has 0 heterocycles. The van der Waals surface area contributed by atoms with Crippen molar-refractivity contribution >= 4 is 27.5 Å².